The second-order valence-corrected chi connectivity index (χ2v) is 4.64. The van der Waals surface area contributed by atoms with Gasteiger partial charge in [-0.05, 0) is 36.2 Å². The molecule has 0 unspecified atom stereocenters. The van der Waals surface area contributed by atoms with Gasteiger partial charge in [-0.2, -0.15) is 0 Å². The van der Waals surface area contributed by atoms with Crippen LogP contribution < -0.4 is 0 Å². The first-order chi connectivity index (χ1) is 8.81. The van der Waals surface area contributed by atoms with Gasteiger partial charge in [0, 0.05) is 23.8 Å². The Morgan fingerprint density at radius 1 is 1.17 bits per heavy atom. The van der Waals surface area contributed by atoms with Crippen molar-refractivity contribution in [3.05, 3.63) is 59.1 Å². The smallest absolute Gasteiger partial charge is 0.107 e. The number of imidazole rings is 1. The molecule has 0 aliphatic heterocycles. The summed E-state index contributed by atoms with van der Waals surface area (Å²) in [6.07, 6.45) is 5.48. The van der Waals surface area contributed by atoms with Crippen LogP contribution in [-0.2, 0) is 12.8 Å². The molecule has 0 aliphatic carbocycles. The first-order valence-electron chi connectivity index (χ1n) is 5.84. The van der Waals surface area contributed by atoms with Crippen molar-refractivity contribution >= 4 is 22.6 Å². The zero-order chi connectivity index (χ0) is 12.4. The van der Waals surface area contributed by atoms with Crippen LogP contribution in [0.3, 0.4) is 0 Å². The highest BCUT2D eigenvalue weighted by Gasteiger charge is 2.03. The van der Waals surface area contributed by atoms with Gasteiger partial charge in [-0.15, -0.1) is 0 Å². The number of hydrogen-bond acceptors (Lipinski definition) is 2. The van der Waals surface area contributed by atoms with Crippen molar-refractivity contribution in [1.82, 2.24) is 15.0 Å². The van der Waals surface area contributed by atoms with Gasteiger partial charge in [-0.1, -0.05) is 17.7 Å². The molecule has 2 aromatic heterocycles. The number of halogens is 1. The third kappa shape index (κ3) is 2.36. The zero-order valence-corrected chi connectivity index (χ0v) is 10.5. The van der Waals surface area contributed by atoms with E-state index in [2.05, 4.69) is 21.0 Å². The third-order valence-electron chi connectivity index (χ3n) is 2.87. The van der Waals surface area contributed by atoms with Crippen molar-refractivity contribution in [3.8, 4) is 0 Å². The molecule has 0 aliphatic rings. The Morgan fingerprint density at radius 3 is 2.94 bits per heavy atom. The van der Waals surface area contributed by atoms with Gasteiger partial charge in [0.2, 0.25) is 0 Å². The normalized spacial score (nSPS) is 10.9. The number of nitrogens with zero attached hydrogens (tertiary/aromatic N) is 2. The molecule has 3 rings (SSSR count). The Morgan fingerprint density at radius 2 is 2.11 bits per heavy atom. The van der Waals surface area contributed by atoms with Gasteiger partial charge >= 0.3 is 0 Å². The van der Waals surface area contributed by atoms with Crippen molar-refractivity contribution in [2.75, 3.05) is 0 Å². The fraction of sp³-hybridized carbons (Fsp3) is 0.143. The number of fused-ring (bicyclic) bond motifs is 1. The minimum absolute atomic E-state index is 0.727. The molecule has 0 saturated carbocycles. The molecule has 3 nitrogen and oxygen atoms in total. The second-order valence-electron chi connectivity index (χ2n) is 4.21. The molecule has 18 heavy (non-hydrogen) atoms. The molecule has 2 heterocycles. The SMILES string of the molecule is Clc1ccc2nc(CCc3cccnc3)[nH]c2c1. The average Bonchev–Trinajstić information content (AvgIpc) is 2.79. The maximum atomic E-state index is 5.94. The molecule has 90 valence electrons. The van der Waals surface area contributed by atoms with E-state index in [1.54, 1.807) is 6.20 Å². The van der Waals surface area contributed by atoms with Crippen molar-refractivity contribution in [2.24, 2.45) is 0 Å². The largest absolute Gasteiger partial charge is 0.342 e. The van der Waals surface area contributed by atoms with Gasteiger partial charge in [-0.3, -0.25) is 4.98 Å². The van der Waals surface area contributed by atoms with Gasteiger partial charge in [0.15, 0.2) is 0 Å². The maximum absolute atomic E-state index is 5.94. The molecule has 1 aromatic carbocycles. The molecule has 0 bridgehead atoms. The van der Waals surface area contributed by atoms with Crippen molar-refractivity contribution in [1.29, 1.82) is 0 Å². The van der Waals surface area contributed by atoms with Gasteiger partial charge in [-0.25, -0.2) is 4.98 Å². The van der Waals surface area contributed by atoms with E-state index in [0.717, 1.165) is 34.7 Å². The lowest BCUT2D eigenvalue weighted by Crippen LogP contribution is -1.93. The lowest BCUT2D eigenvalue weighted by molar-refractivity contribution is 0.884. The average molecular weight is 258 g/mol. The number of benzene rings is 1. The fourth-order valence-electron chi connectivity index (χ4n) is 1.96. The summed E-state index contributed by atoms with van der Waals surface area (Å²) in [5.41, 5.74) is 3.17. The Kier molecular flexibility index (Phi) is 2.99. The number of H-pyrrole nitrogens is 1. The minimum atomic E-state index is 0.727. The van der Waals surface area contributed by atoms with Crippen LogP contribution in [0.15, 0.2) is 42.7 Å². The van der Waals surface area contributed by atoms with E-state index >= 15 is 0 Å². The minimum Gasteiger partial charge on any atom is -0.342 e. The standard InChI is InChI=1S/C14H12ClN3/c15-11-4-5-12-13(8-11)18-14(17-12)6-3-10-2-1-7-16-9-10/h1-2,4-5,7-9H,3,6H2,(H,17,18). The Bertz CT molecular complexity index is 661. The fourth-order valence-corrected chi connectivity index (χ4v) is 2.13. The lowest BCUT2D eigenvalue weighted by atomic mass is 10.1. The van der Waals surface area contributed by atoms with E-state index in [1.165, 1.54) is 5.56 Å². The molecule has 0 atom stereocenters. The molecule has 3 aromatic rings. The van der Waals surface area contributed by atoms with E-state index in [0.29, 0.717) is 0 Å². The van der Waals surface area contributed by atoms with Crippen LogP contribution in [0.25, 0.3) is 11.0 Å². The highest BCUT2D eigenvalue weighted by atomic mass is 35.5. The quantitative estimate of drug-likeness (QED) is 0.781. The van der Waals surface area contributed by atoms with E-state index in [4.69, 9.17) is 11.6 Å². The molecule has 0 saturated heterocycles. The third-order valence-corrected chi connectivity index (χ3v) is 3.10. The molecule has 4 heteroatoms. The van der Waals surface area contributed by atoms with E-state index < -0.39 is 0 Å². The van der Waals surface area contributed by atoms with Crippen LogP contribution in [0.1, 0.15) is 11.4 Å². The van der Waals surface area contributed by atoms with Crippen LogP contribution in [0.2, 0.25) is 5.02 Å². The Balaban J connectivity index is 1.79. The highest BCUT2D eigenvalue weighted by Crippen LogP contribution is 2.17. The highest BCUT2D eigenvalue weighted by molar-refractivity contribution is 6.31. The number of aromatic nitrogens is 3. The predicted molar refractivity (Wildman–Crippen MR) is 72.7 cm³/mol. The Hall–Kier alpha value is -1.87. The van der Waals surface area contributed by atoms with Gasteiger partial charge < -0.3 is 4.98 Å². The molecule has 0 spiro atoms. The van der Waals surface area contributed by atoms with Crippen LogP contribution in [0, 0.1) is 0 Å². The first kappa shape index (κ1) is 11.2. The summed E-state index contributed by atoms with van der Waals surface area (Å²) < 4.78 is 0. The van der Waals surface area contributed by atoms with Crippen LogP contribution in [0.5, 0.6) is 0 Å². The number of rotatable bonds is 3. The summed E-state index contributed by atoms with van der Waals surface area (Å²) in [6, 6.07) is 9.72. The second kappa shape index (κ2) is 4.78. The summed E-state index contributed by atoms with van der Waals surface area (Å²) >= 11 is 5.94. The van der Waals surface area contributed by atoms with Crippen molar-refractivity contribution < 1.29 is 0 Å². The molecular formula is C14H12ClN3. The first-order valence-corrected chi connectivity index (χ1v) is 6.22. The number of hydrogen-bond donors (Lipinski definition) is 1. The van der Waals surface area contributed by atoms with Crippen LogP contribution in [0.4, 0.5) is 0 Å². The number of pyridine rings is 1. The summed E-state index contributed by atoms with van der Waals surface area (Å²) in [4.78, 5) is 11.9. The lowest BCUT2D eigenvalue weighted by Gasteiger charge is -1.97. The van der Waals surface area contributed by atoms with Crippen molar-refractivity contribution in [2.45, 2.75) is 12.8 Å². The van der Waals surface area contributed by atoms with E-state index in [-0.39, 0.29) is 0 Å². The summed E-state index contributed by atoms with van der Waals surface area (Å²) in [5.74, 6) is 0.983. The molecule has 1 N–H and O–H groups in total. The monoisotopic (exact) mass is 257 g/mol. The predicted octanol–water partition coefficient (Wildman–Crippen LogP) is 3.40. The summed E-state index contributed by atoms with van der Waals surface area (Å²) in [6.45, 7) is 0. The van der Waals surface area contributed by atoms with Gasteiger partial charge in [0.25, 0.3) is 0 Å². The van der Waals surface area contributed by atoms with E-state index in [9.17, 15) is 0 Å². The van der Waals surface area contributed by atoms with Gasteiger partial charge in [0.05, 0.1) is 11.0 Å². The van der Waals surface area contributed by atoms with Crippen LogP contribution >= 0.6 is 11.6 Å². The molecule has 0 fully saturated rings. The molecule has 0 radical (unpaired) electrons. The maximum Gasteiger partial charge on any atom is 0.107 e. The molecular weight excluding hydrogens is 246 g/mol. The van der Waals surface area contributed by atoms with Crippen molar-refractivity contribution in [3.63, 3.8) is 0 Å². The summed E-state index contributed by atoms with van der Waals surface area (Å²) in [5, 5.41) is 0.727. The Labute approximate surface area is 110 Å². The number of nitrogens with one attached hydrogen (secondary N) is 1. The van der Waals surface area contributed by atoms with Crippen LogP contribution in [-0.4, -0.2) is 15.0 Å². The zero-order valence-electron chi connectivity index (χ0n) is 9.73. The van der Waals surface area contributed by atoms with Gasteiger partial charge in [0.1, 0.15) is 5.82 Å². The molecule has 0 amide bonds. The topological polar surface area (TPSA) is 41.6 Å². The summed E-state index contributed by atoms with van der Waals surface area (Å²) in [7, 11) is 0. The number of aryl methyl sites for hydroxylation is 2. The van der Waals surface area contributed by atoms with E-state index in [1.807, 2.05) is 30.5 Å². The number of aromatic amines is 1.